The molecule has 0 bridgehead atoms. The largest absolute Gasteiger partial charge is 0.330 e. The van der Waals surface area contributed by atoms with Crippen molar-refractivity contribution in [2.45, 2.75) is 26.7 Å². The van der Waals surface area contributed by atoms with Crippen LogP contribution in [0.25, 0.3) is 0 Å². The Balaban J connectivity index is 2.50. The van der Waals surface area contributed by atoms with E-state index in [9.17, 15) is 4.79 Å². The fourth-order valence-electron chi connectivity index (χ4n) is 1.24. The van der Waals surface area contributed by atoms with Crippen LogP contribution in [0.3, 0.4) is 0 Å². The van der Waals surface area contributed by atoms with E-state index in [1.807, 2.05) is 19.9 Å². The van der Waals surface area contributed by atoms with E-state index in [1.165, 1.54) is 0 Å². The normalized spacial score (nSPS) is 12.5. The van der Waals surface area contributed by atoms with Crippen molar-refractivity contribution in [3.8, 4) is 0 Å². The van der Waals surface area contributed by atoms with Crippen molar-refractivity contribution in [2.75, 3.05) is 11.9 Å². The molecule has 84 valence electrons. The Morgan fingerprint density at radius 1 is 1.73 bits per heavy atom. The summed E-state index contributed by atoms with van der Waals surface area (Å²) in [7, 11) is 0. The van der Waals surface area contributed by atoms with Gasteiger partial charge in [0.1, 0.15) is 0 Å². The molecule has 0 saturated carbocycles. The summed E-state index contributed by atoms with van der Waals surface area (Å²) in [4.78, 5) is 11.6. The van der Waals surface area contributed by atoms with Gasteiger partial charge in [0.05, 0.1) is 0 Å². The van der Waals surface area contributed by atoms with Gasteiger partial charge in [-0.15, -0.1) is 0 Å². The van der Waals surface area contributed by atoms with Gasteiger partial charge in [0.15, 0.2) is 5.82 Å². The quantitative estimate of drug-likeness (QED) is 0.675. The maximum atomic E-state index is 11.6. The first-order chi connectivity index (χ1) is 7.17. The fraction of sp³-hybridized carbons (Fsp3) is 0.600. The third-order valence-corrected chi connectivity index (χ3v) is 2.31. The number of carbonyl (C=O) groups is 1. The number of anilines is 1. The zero-order chi connectivity index (χ0) is 11.3. The molecule has 1 atom stereocenters. The van der Waals surface area contributed by atoms with Crippen molar-refractivity contribution in [3.63, 3.8) is 0 Å². The highest BCUT2D eigenvalue weighted by atomic mass is 16.1. The van der Waals surface area contributed by atoms with E-state index in [-0.39, 0.29) is 11.8 Å². The monoisotopic (exact) mass is 210 g/mol. The molecule has 0 aromatic carbocycles. The van der Waals surface area contributed by atoms with Crippen LogP contribution >= 0.6 is 0 Å². The Morgan fingerprint density at radius 3 is 3.00 bits per heavy atom. The van der Waals surface area contributed by atoms with E-state index >= 15 is 0 Å². The van der Waals surface area contributed by atoms with Crippen LogP contribution < -0.4 is 11.1 Å². The van der Waals surface area contributed by atoms with Crippen LogP contribution in [0, 0.1) is 5.92 Å². The predicted octanol–water partition coefficient (Wildman–Crippen LogP) is 0.895. The first-order valence-electron chi connectivity index (χ1n) is 5.22. The number of amides is 1. The summed E-state index contributed by atoms with van der Waals surface area (Å²) in [6.45, 7) is 4.40. The molecule has 5 heteroatoms. The number of hydrogen-bond donors (Lipinski definition) is 3. The molecule has 1 rings (SSSR count). The highest BCUT2D eigenvalue weighted by Crippen LogP contribution is 2.09. The predicted molar refractivity (Wildman–Crippen MR) is 59.4 cm³/mol. The third kappa shape index (κ3) is 3.36. The lowest BCUT2D eigenvalue weighted by Gasteiger charge is -2.08. The van der Waals surface area contributed by atoms with Gasteiger partial charge in [0.25, 0.3) is 0 Å². The number of hydrogen-bond acceptors (Lipinski definition) is 3. The van der Waals surface area contributed by atoms with Gasteiger partial charge in [0.2, 0.25) is 5.91 Å². The summed E-state index contributed by atoms with van der Waals surface area (Å²) in [5, 5.41) is 9.57. The zero-order valence-electron chi connectivity index (χ0n) is 9.21. The van der Waals surface area contributed by atoms with E-state index < -0.39 is 0 Å². The average Bonchev–Trinajstić information content (AvgIpc) is 2.66. The van der Waals surface area contributed by atoms with Gasteiger partial charge < -0.3 is 11.1 Å². The summed E-state index contributed by atoms with van der Waals surface area (Å²) in [6.07, 6.45) is 1.57. The van der Waals surface area contributed by atoms with Crippen molar-refractivity contribution in [2.24, 2.45) is 11.7 Å². The highest BCUT2D eigenvalue weighted by molar-refractivity contribution is 5.91. The number of aromatic amines is 1. The molecule has 1 aromatic heterocycles. The zero-order valence-corrected chi connectivity index (χ0v) is 9.21. The summed E-state index contributed by atoms with van der Waals surface area (Å²) in [5.41, 5.74) is 6.40. The lowest BCUT2D eigenvalue weighted by Crippen LogP contribution is -2.22. The highest BCUT2D eigenvalue weighted by Gasteiger charge is 2.12. The Hall–Kier alpha value is -1.36. The molecule has 0 aliphatic rings. The van der Waals surface area contributed by atoms with Crippen molar-refractivity contribution in [1.29, 1.82) is 0 Å². The van der Waals surface area contributed by atoms with Crippen LogP contribution in [0.1, 0.15) is 26.0 Å². The third-order valence-electron chi connectivity index (χ3n) is 2.31. The van der Waals surface area contributed by atoms with Crippen molar-refractivity contribution >= 4 is 11.7 Å². The molecule has 0 fully saturated rings. The Bertz CT molecular complexity index is 321. The molecular formula is C10H18N4O. The van der Waals surface area contributed by atoms with E-state index in [0.29, 0.717) is 18.8 Å². The molecule has 1 heterocycles. The molecule has 4 N–H and O–H groups in total. The first kappa shape index (κ1) is 11.7. The summed E-state index contributed by atoms with van der Waals surface area (Å²) < 4.78 is 0. The van der Waals surface area contributed by atoms with Crippen molar-refractivity contribution in [3.05, 3.63) is 11.8 Å². The minimum Gasteiger partial charge on any atom is -0.330 e. The van der Waals surface area contributed by atoms with Gasteiger partial charge in [-0.2, -0.15) is 5.10 Å². The second-order valence-electron chi connectivity index (χ2n) is 3.60. The van der Waals surface area contributed by atoms with Crippen LogP contribution in [0.15, 0.2) is 6.07 Å². The molecule has 0 aliphatic heterocycles. The van der Waals surface area contributed by atoms with Gasteiger partial charge in [-0.3, -0.25) is 9.89 Å². The summed E-state index contributed by atoms with van der Waals surface area (Å²) >= 11 is 0. The Kier molecular flexibility index (Phi) is 4.30. The number of carbonyl (C=O) groups excluding carboxylic acids is 1. The van der Waals surface area contributed by atoms with E-state index in [4.69, 9.17) is 5.73 Å². The van der Waals surface area contributed by atoms with E-state index in [1.54, 1.807) is 0 Å². The maximum Gasteiger partial charge on any atom is 0.228 e. The average molecular weight is 210 g/mol. The minimum absolute atomic E-state index is 0.0328. The second-order valence-corrected chi connectivity index (χ2v) is 3.60. The number of rotatable bonds is 5. The fourth-order valence-corrected chi connectivity index (χ4v) is 1.24. The van der Waals surface area contributed by atoms with Crippen LogP contribution in [0.5, 0.6) is 0 Å². The van der Waals surface area contributed by atoms with Crippen LogP contribution in [-0.2, 0) is 11.2 Å². The number of H-pyrrole nitrogens is 1. The topological polar surface area (TPSA) is 83.8 Å². The number of nitrogens with one attached hydrogen (secondary N) is 2. The Morgan fingerprint density at radius 2 is 2.47 bits per heavy atom. The molecule has 1 amide bonds. The Labute approximate surface area is 89.4 Å². The van der Waals surface area contributed by atoms with Crippen LogP contribution in [-0.4, -0.2) is 22.6 Å². The molecule has 15 heavy (non-hydrogen) atoms. The van der Waals surface area contributed by atoms with Gasteiger partial charge >= 0.3 is 0 Å². The van der Waals surface area contributed by atoms with E-state index in [0.717, 1.165) is 12.1 Å². The molecule has 0 saturated heterocycles. The minimum atomic E-state index is -0.0724. The lowest BCUT2D eigenvalue weighted by atomic mass is 10.1. The first-order valence-corrected chi connectivity index (χ1v) is 5.22. The van der Waals surface area contributed by atoms with Gasteiger partial charge in [-0.25, -0.2) is 0 Å². The summed E-state index contributed by atoms with van der Waals surface area (Å²) in [5.74, 6) is 0.479. The van der Waals surface area contributed by atoms with Gasteiger partial charge in [0, 0.05) is 17.7 Å². The number of nitrogens with two attached hydrogens (primary N) is 1. The maximum absolute atomic E-state index is 11.6. The van der Waals surface area contributed by atoms with Crippen molar-refractivity contribution < 1.29 is 4.79 Å². The molecule has 1 aromatic rings. The lowest BCUT2D eigenvalue weighted by molar-refractivity contribution is -0.119. The molecule has 0 aliphatic carbocycles. The molecule has 1 unspecified atom stereocenters. The molecule has 5 nitrogen and oxygen atoms in total. The SMILES string of the molecule is CCc1cc(NC(=O)C(C)CCN)n[nH]1. The molecule has 0 radical (unpaired) electrons. The van der Waals surface area contributed by atoms with Gasteiger partial charge in [-0.05, 0) is 19.4 Å². The second kappa shape index (κ2) is 5.50. The number of nitrogens with zero attached hydrogens (tertiary/aromatic N) is 1. The van der Waals surface area contributed by atoms with Crippen LogP contribution in [0.4, 0.5) is 5.82 Å². The molecule has 0 spiro atoms. The number of aromatic nitrogens is 2. The van der Waals surface area contributed by atoms with Crippen LogP contribution in [0.2, 0.25) is 0 Å². The summed E-state index contributed by atoms with van der Waals surface area (Å²) in [6, 6.07) is 1.84. The van der Waals surface area contributed by atoms with Crippen molar-refractivity contribution in [1.82, 2.24) is 10.2 Å². The number of aryl methyl sites for hydroxylation is 1. The van der Waals surface area contributed by atoms with Gasteiger partial charge in [-0.1, -0.05) is 13.8 Å². The standard InChI is InChI=1S/C10H18N4O/c1-3-8-6-9(14-13-8)12-10(15)7(2)4-5-11/h6-7H,3-5,11H2,1-2H3,(H2,12,13,14,15). The van der Waals surface area contributed by atoms with E-state index in [2.05, 4.69) is 15.5 Å². The molecular weight excluding hydrogens is 192 g/mol. The smallest absolute Gasteiger partial charge is 0.228 e.